The minimum Gasteiger partial charge on any atom is -1.00 e. The molecule has 0 heterocycles. The van der Waals surface area contributed by atoms with Crippen LogP contribution in [0.25, 0.3) is 32.7 Å². The molecule has 0 aliphatic heterocycles. The van der Waals surface area contributed by atoms with Crippen LogP contribution >= 0.6 is 23.2 Å². The molecule has 0 fully saturated rings. The van der Waals surface area contributed by atoms with Crippen molar-refractivity contribution in [3.8, 4) is 11.1 Å². The quantitative estimate of drug-likeness (QED) is 0.172. The van der Waals surface area contributed by atoms with Gasteiger partial charge in [-0.3, -0.25) is 0 Å². The van der Waals surface area contributed by atoms with Gasteiger partial charge in [-0.1, -0.05) is 0 Å². The first-order chi connectivity index (χ1) is 20.7. The summed E-state index contributed by atoms with van der Waals surface area (Å²) < 4.78 is 3.47. The van der Waals surface area contributed by atoms with Gasteiger partial charge in [0.25, 0.3) is 0 Å². The molecular formula is C39H26Cl4Hf. The van der Waals surface area contributed by atoms with Crippen molar-refractivity contribution in [1.29, 1.82) is 0 Å². The predicted molar refractivity (Wildman–Crippen MR) is 177 cm³/mol. The van der Waals surface area contributed by atoms with Gasteiger partial charge < -0.3 is 24.8 Å². The summed E-state index contributed by atoms with van der Waals surface area (Å²) in [7, 11) is 0. The zero-order chi connectivity index (χ0) is 28.2. The molecule has 2 aliphatic rings. The fraction of sp³-hybridized carbons (Fsp3) is 0.0513. The number of halogens is 4. The van der Waals surface area contributed by atoms with Crippen molar-refractivity contribution in [2.24, 2.45) is 0 Å². The zero-order valence-corrected chi connectivity index (χ0v) is 30.2. The summed E-state index contributed by atoms with van der Waals surface area (Å²) >= 11 is 9.81. The first-order valence-electron chi connectivity index (χ1n) is 14.3. The molecule has 0 amide bonds. The Kier molecular flexibility index (Phi) is 9.16. The smallest absolute Gasteiger partial charge is 1.00 e. The van der Waals surface area contributed by atoms with Crippen LogP contribution in [0.3, 0.4) is 0 Å². The third-order valence-corrected chi connectivity index (χ3v) is 21.3. The van der Waals surface area contributed by atoms with Crippen LogP contribution in [0, 0.1) is 0 Å². The van der Waals surface area contributed by atoms with Crippen LogP contribution in [-0.4, -0.2) is 3.26 Å². The Morgan fingerprint density at radius 1 is 0.591 bits per heavy atom. The van der Waals surface area contributed by atoms with Crippen LogP contribution in [0.15, 0.2) is 143 Å². The van der Waals surface area contributed by atoms with Crippen LogP contribution in [-0.2, 0) is 21.0 Å². The number of hydrogen-bond donors (Lipinski definition) is 0. The minimum atomic E-state index is -3.07. The number of benzene rings is 6. The summed E-state index contributed by atoms with van der Waals surface area (Å²) in [5, 5.41) is 6.93. The normalized spacial score (nSPS) is 14.2. The molecule has 1 atom stereocenters. The van der Waals surface area contributed by atoms with Crippen molar-refractivity contribution in [3.63, 3.8) is 0 Å². The fourth-order valence-corrected chi connectivity index (χ4v) is 20.6. The van der Waals surface area contributed by atoms with Crippen molar-refractivity contribution in [2.45, 2.75) is 10.1 Å². The number of hydrogen-bond acceptors (Lipinski definition) is 0. The molecule has 6 aromatic carbocycles. The molecule has 6 aromatic rings. The van der Waals surface area contributed by atoms with Crippen LogP contribution in [0.5, 0.6) is 0 Å². The van der Waals surface area contributed by atoms with E-state index in [1.807, 2.05) is 24.3 Å². The van der Waals surface area contributed by atoms with Gasteiger partial charge in [-0.2, -0.15) is 0 Å². The Balaban J connectivity index is 0.00000171. The molecule has 8 rings (SSSR count). The molecule has 2 aliphatic carbocycles. The van der Waals surface area contributed by atoms with Crippen LogP contribution in [0.4, 0.5) is 0 Å². The van der Waals surface area contributed by atoms with Crippen molar-refractivity contribution < 1.29 is 45.8 Å². The largest absolute Gasteiger partial charge is 1.00 e. The van der Waals surface area contributed by atoms with E-state index in [1.54, 1.807) is 3.33 Å². The molecule has 0 spiro atoms. The molecule has 0 saturated carbocycles. The van der Waals surface area contributed by atoms with Crippen molar-refractivity contribution in [1.82, 2.24) is 0 Å². The SMILES string of the molecule is Clc1ccc([C](c2ccc(Cl)cc2)=[Hf+2]([C]2=CC=CC2)[CH]2c3ccccc3-c3c2c2ccccc2c2ccccc32)cc1.[Cl-].[Cl-]. The second-order valence-electron chi connectivity index (χ2n) is 11.0. The number of rotatable bonds is 4. The summed E-state index contributed by atoms with van der Waals surface area (Å²) in [6, 6.07) is 44.3. The second kappa shape index (κ2) is 12.9. The van der Waals surface area contributed by atoms with Gasteiger partial charge in [0.2, 0.25) is 0 Å². The molecule has 1 unspecified atom stereocenters. The van der Waals surface area contributed by atoms with Gasteiger partial charge in [-0.15, -0.1) is 0 Å². The Morgan fingerprint density at radius 3 is 1.70 bits per heavy atom. The van der Waals surface area contributed by atoms with E-state index in [1.165, 1.54) is 58.2 Å². The van der Waals surface area contributed by atoms with Crippen LogP contribution in [0.2, 0.25) is 10.0 Å². The monoisotopic (exact) mass is 814 g/mol. The maximum absolute atomic E-state index is 6.44. The average Bonchev–Trinajstić information content (AvgIpc) is 3.69. The van der Waals surface area contributed by atoms with Crippen molar-refractivity contribution in [3.05, 3.63) is 175 Å². The molecule has 214 valence electrons. The van der Waals surface area contributed by atoms with E-state index >= 15 is 0 Å². The maximum Gasteiger partial charge on any atom is -1.00 e. The van der Waals surface area contributed by atoms with Crippen molar-refractivity contribution >= 4 is 48.0 Å². The summed E-state index contributed by atoms with van der Waals surface area (Å²) in [4.78, 5) is 0. The van der Waals surface area contributed by atoms with E-state index in [2.05, 4.69) is 115 Å². The Labute approximate surface area is 287 Å². The molecule has 0 nitrogen and oxygen atoms in total. The average molecular weight is 815 g/mol. The van der Waals surface area contributed by atoms with Crippen LogP contribution in [0.1, 0.15) is 32.3 Å². The molecule has 0 radical (unpaired) electrons. The minimum absolute atomic E-state index is 0. The number of fused-ring (bicyclic) bond motifs is 8. The summed E-state index contributed by atoms with van der Waals surface area (Å²) in [6.45, 7) is 0. The molecule has 0 N–H and O–H groups in total. The third kappa shape index (κ3) is 5.17. The van der Waals surface area contributed by atoms with E-state index in [0.29, 0.717) is 3.67 Å². The van der Waals surface area contributed by atoms with Gasteiger partial charge in [-0.25, -0.2) is 0 Å². The first kappa shape index (κ1) is 31.2. The molecule has 0 aromatic heterocycles. The predicted octanol–water partition coefficient (Wildman–Crippen LogP) is 5.11. The van der Waals surface area contributed by atoms with Gasteiger partial charge >= 0.3 is 265 Å². The van der Waals surface area contributed by atoms with E-state index in [9.17, 15) is 0 Å². The van der Waals surface area contributed by atoms with Crippen LogP contribution < -0.4 is 24.8 Å². The van der Waals surface area contributed by atoms with Gasteiger partial charge in [0, 0.05) is 0 Å². The fourth-order valence-electron chi connectivity index (χ4n) is 7.04. The van der Waals surface area contributed by atoms with E-state index in [0.717, 1.165) is 16.5 Å². The molecule has 0 bridgehead atoms. The van der Waals surface area contributed by atoms with Gasteiger partial charge in [-0.05, 0) is 0 Å². The Bertz CT molecular complexity index is 2080. The third-order valence-electron chi connectivity index (χ3n) is 8.74. The second-order valence-corrected chi connectivity index (χ2v) is 21.0. The Hall–Kier alpha value is -2.78. The first-order valence-corrected chi connectivity index (χ1v) is 20.8. The molecule has 5 heteroatoms. The zero-order valence-electron chi connectivity index (χ0n) is 23.6. The van der Waals surface area contributed by atoms with Gasteiger partial charge in [0.15, 0.2) is 0 Å². The topological polar surface area (TPSA) is 0 Å². The molecule has 0 saturated heterocycles. The summed E-state index contributed by atoms with van der Waals surface area (Å²) in [6.07, 6.45) is 8.05. The molecule has 44 heavy (non-hydrogen) atoms. The molecular weight excluding hydrogens is 789 g/mol. The standard InChI is InChI=1S/C21H13.C13H8Cl2.C5H5.2ClH.Hf/c1-2-8-15-14(7-1)13-20-18-11-4-3-9-16(18)17-10-5-6-12-19(17)21(15)20;14-12-5-1-10(2-6-12)9-11-3-7-13(15)8-4-11;1-2-4-5-3-1;;;/h1-13H;1-8H;1-3H,4H2;2*1H;/q;;;;;+2/p-2. The van der Waals surface area contributed by atoms with Gasteiger partial charge in [0.1, 0.15) is 0 Å². The van der Waals surface area contributed by atoms with Crippen molar-refractivity contribution in [2.75, 3.05) is 0 Å². The van der Waals surface area contributed by atoms with E-state index < -0.39 is 21.0 Å². The summed E-state index contributed by atoms with van der Waals surface area (Å²) in [5.74, 6) is 0. The number of allylic oxidation sites excluding steroid dienone is 4. The maximum atomic E-state index is 6.44. The Morgan fingerprint density at radius 2 is 1.11 bits per heavy atom. The van der Waals surface area contributed by atoms with E-state index in [4.69, 9.17) is 23.2 Å². The van der Waals surface area contributed by atoms with Gasteiger partial charge in [0.05, 0.1) is 0 Å². The summed E-state index contributed by atoms with van der Waals surface area (Å²) in [5.41, 5.74) is 8.34. The van der Waals surface area contributed by atoms with E-state index in [-0.39, 0.29) is 24.8 Å².